The molecule has 0 spiro atoms. The summed E-state index contributed by atoms with van der Waals surface area (Å²) in [5, 5.41) is 0. The van der Waals surface area contributed by atoms with Crippen LogP contribution in [0.4, 0.5) is 0 Å². The Kier molecular flexibility index (Phi) is 5.77. The smallest absolute Gasteiger partial charge is 0.313 e. The summed E-state index contributed by atoms with van der Waals surface area (Å²) >= 11 is 0. The van der Waals surface area contributed by atoms with Crippen LogP contribution in [-0.4, -0.2) is 33.3 Å². The van der Waals surface area contributed by atoms with Crippen LogP contribution < -0.4 is 0 Å². The first-order chi connectivity index (χ1) is 13.8. The predicted molar refractivity (Wildman–Crippen MR) is 107 cm³/mol. The number of rotatable bonds is 7. The predicted octanol–water partition coefficient (Wildman–Crippen LogP) is 3.83. The zero-order valence-corrected chi connectivity index (χ0v) is 18.0. The topological polar surface area (TPSA) is 71.1 Å². The summed E-state index contributed by atoms with van der Waals surface area (Å²) in [4.78, 5) is 26.0. The molecule has 0 radical (unpaired) electrons. The summed E-state index contributed by atoms with van der Waals surface area (Å²) < 4.78 is 22.6. The quantitative estimate of drug-likeness (QED) is 0.510. The maximum atomic E-state index is 13.1. The van der Waals surface area contributed by atoms with Gasteiger partial charge >= 0.3 is 11.9 Å². The summed E-state index contributed by atoms with van der Waals surface area (Å²) in [6.07, 6.45) is 2.55. The fraction of sp³-hybridized carbons (Fsp3) is 0.565. The van der Waals surface area contributed by atoms with Gasteiger partial charge < -0.3 is 18.9 Å². The molecular formula is C23H30O6. The van der Waals surface area contributed by atoms with Crippen molar-refractivity contribution in [2.24, 2.45) is 11.8 Å². The number of esters is 2. The molecule has 4 atom stereocenters. The summed E-state index contributed by atoms with van der Waals surface area (Å²) in [6.45, 7) is 5.84. The van der Waals surface area contributed by atoms with Crippen molar-refractivity contribution in [1.82, 2.24) is 0 Å². The summed E-state index contributed by atoms with van der Waals surface area (Å²) in [6, 6.07) is 7.77. The molecule has 29 heavy (non-hydrogen) atoms. The minimum absolute atomic E-state index is 0.482. The molecule has 2 heterocycles. The molecule has 0 N–H and O–H groups in total. The van der Waals surface area contributed by atoms with E-state index in [1.165, 1.54) is 14.2 Å². The number of fused-ring (bicyclic) bond motifs is 5. The SMILES string of the molecule is CCCC/C(=C(/C)OC)[C@@]12O[C@@](C)(c3ccccc31)[C@@H](C(=O)OC)[C@@H]2C(=O)OC. The van der Waals surface area contributed by atoms with Gasteiger partial charge in [-0.25, -0.2) is 0 Å². The third-order valence-corrected chi connectivity index (χ3v) is 6.47. The van der Waals surface area contributed by atoms with Gasteiger partial charge in [-0.05, 0) is 37.8 Å². The monoisotopic (exact) mass is 402 g/mol. The zero-order chi connectivity index (χ0) is 21.4. The lowest BCUT2D eigenvalue weighted by molar-refractivity contribution is -0.160. The van der Waals surface area contributed by atoms with Crippen molar-refractivity contribution in [3.05, 3.63) is 46.7 Å². The highest BCUT2D eigenvalue weighted by Crippen LogP contribution is 2.67. The molecule has 6 nitrogen and oxygen atoms in total. The highest BCUT2D eigenvalue weighted by Gasteiger charge is 2.74. The largest absolute Gasteiger partial charge is 0.501 e. The van der Waals surface area contributed by atoms with E-state index in [1.807, 2.05) is 38.1 Å². The van der Waals surface area contributed by atoms with Crippen molar-refractivity contribution in [3.63, 3.8) is 0 Å². The fourth-order valence-corrected chi connectivity index (χ4v) is 5.13. The van der Waals surface area contributed by atoms with Crippen molar-refractivity contribution < 1.29 is 28.5 Å². The second kappa shape index (κ2) is 7.82. The van der Waals surface area contributed by atoms with Crippen molar-refractivity contribution >= 4 is 11.9 Å². The maximum absolute atomic E-state index is 13.1. The van der Waals surface area contributed by atoms with Crippen LogP contribution in [0.2, 0.25) is 0 Å². The third kappa shape index (κ3) is 2.88. The Hall–Kier alpha value is -2.34. The van der Waals surface area contributed by atoms with E-state index < -0.39 is 35.0 Å². The zero-order valence-electron chi connectivity index (χ0n) is 18.0. The van der Waals surface area contributed by atoms with Gasteiger partial charge in [0.15, 0.2) is 0 Å². The fourth-order valence-electron chi connectivity index (χ4n) is 5.13. The van der Waals surface area contributed by atoms with Gasteiger partial charge in [0.25, 0.3) is 0 Å². The van der Waals surface area contributed by atoms with Crippen LogP contribution in [0.3, 0.4) is 0 Å². The van der Waals surface area contributed by atoms with Gasteiger partial charge in [-0.2, -0.15) is 0 Å². The first kappa shape index (κ1) is 21.4. The van der Waals surface area contributed by atoms with Crippen LogP contribution in [0.15, 0.2) is 35.6 Å². The molecule has 1 fully saturated rings. The Balaban J connectivity index is 2.37. The van der Waals surface area contributed by atoms with Crippen molar-refractivity contribution in [2.45, 2.75) is 51.2 Å². The van der Waals surface area contributed by atoms with Crippen LogP contribution in [0.5, 0.6) is 0 Å². The molecular weight excluding hydrogens is 372 g/mol. The lowest BCUT2D eigenvalue weighted by Crippen LogP contribution is -2.48. The normalized spacial score (nSPS) is 30.4. The summed E-state index contributed by atoms with van der Waals surface area (Å²) in [5.41, 5.74) is 0.523. The second-order valence-corrected chi connectivity index (χ2v) is 7.83. The molecule has 1 aromatic carbocycles. The molecule has 2 aliphatic heterocycles. The minimum atomic E-state index is -1.13. The Labute approximate surface area is 172 Å². The van der Waals surface area contributed by atoms with E-state index in [4.69, 9.17) is 18.9 Å². The number of carbonyl (C=O) groups is 2. The minimum Gasteiger partial charge on any atom is -0.501 e. The van der Waals surface area contributed by atoms with Crippen LogP contribution in [0.1, 0.15) is 51.2 Å². The standard InChI is InChI=1S/C23H30O6/c1-7-8-11-15(14(2)26-4)23-17-13-10-9-12-16(17)22(3,29-23)18(20(24)27-5)19(23)21(25)28-6/h9-10,12-13,18-19H,7-8,11H2,1-6H3/b15-14+/t18-,19-,22+,23-/m1/s1. The maximum Gasteiger partial charge on any atom is 0.313 e. The number of carbonyl (C=O) groups excluding carboxylic acids is 2. The molecule has 1 aromatic rings. The van der Waals surface area contributed by atoms with Gasteiger partial charge in [-0.1, -0.05) is 37.6 Å². The van der Waals surface area contributed by atoms with Crippen molar-refractivity contribution in [2.75, 3.05) is 21.3 Å². The number of methoxy groups -OCH3 is 3. The molecule has 1 saturated heterocycles. The van der Waals surface area contributed by atoms with E-state index in [-0.39, 0.29) is 0 Å². The van der Waals surface area contributed by atoms with E-state index >= 15 is 0 Å². The molecule has 0 unspecified atom stereocenters. The molecule has 0 aromatic heterocycles. The van der Waals surface area contributed by atoms with Gasteiger partial charge in [0.2, 0.25) is 0 Å². The molecule has 158 valence electrons. The van der Waals surface area contributed by atoms with Crippen LogP contribution in [0.25, 0.3) is 0 Å². The number of ether oxygens (including phenoxy) is 4. The highest BCUT2D eigenvalue weighted by molar-refractivity contribution is 5.88. The average Bonchev–Trinajstić information content (AvgIpc) is 3.17. The summed E-state index contributed by atoms with van der Waals surface area (Å²) in [5.74, 6) is -1.97. The van der Waals surface area contributed by atoms with E-state index in [2.05, 4.69) is 6.92 Å². The third-order valence-electron chi connectivity index (χ3n) is 6.47. The van der Waals surface area contributed by atoms with E-state index in [9.17, 15) is 9.59 Å². The van der Waals surface area contributed by atoms with Gasteiger partial charge in [-0.15, -0.1) is 0 Å². The number of allylic oxidation sites excluding steroid dienone is 1. The van der Waals surface area contributed by atoms with E-state index in [0.29, 0.717) is 12.2 Å². The molecule has 3 rings (SSSR count). The van der Waals surface area contributed by atoms with Crippen LogP contribution in [-0.2, 0) is 39.7 Å². The first-order valence-electron chi connectivity index (χ1n) is 10.0. The lowest BCUT2D eigenvalue weighted by atomic mass is 9.61. The molecule has 0 saturated carbocycles. The van der Waals surface area contributed by atoms with Crippen LogP contribution in [0, 0.1) is 11.8 Å². The van der Waals surface area contributed by atoms with Gasteiger partial charge in [0.05, 0.1) is 27.1 Å². The second-order valence-electron chi connectivity index (χ2n) is 7.83. The Morgan fingerprint density at radius 1 is 1.00 bits per heavy atom. The Bertz CT molecular complexity index is 844. The number of unbranched alkanes of at least 4 members (excludes halogenated alkanes) is 1. The summed E-state index contributed by atoms with van der Waals surface area (Å²) in [7, 11) is 4.28. The van der Waals surface area contributed by atoms with Crippen molar-refractivity contribution in [1.29, 1.82) is 0 Å². The molecule has 0 aliphatic carbocycles. The number of benzene rings is 1. The average molecular weight is 402 g/mol. The lowest BCUT2D eigenvalue weighted by Gasteiger charge is -2.38. The van der Waals surface area contributed by atoms with E-state index in [0.717, 1.165) is 29.5 Å². The van der Waals surface area contributed by atoms with Gasteiger partial charge in [-0.3, -0.25) is 9.59 Å². The Morgan fingerprint density at radius 2 is 1.59 bits per heavy atom. The molecule has 0 amide bonds. The van der Waals surface area contributed by atoms with Gasteiger partial charge in [0.1, 0.15) is 23.0 Å². The Morgan fingerprint density at radius 3 is 2.14 bits per heavy atom. The molecule has 2 bridgehead atoms. The van der Waals surface area contributed by atoms with Crippen LogP contribution >= 0.6 is 0 Å². The van der Waals surface area contributed by atoms with Gasteiger partial charge in [0, 0.05) is 5.57 Å². The number of hydrogen-bond acceptors (Lipinski definition) is 6. The van der Waals surface area contributed by atoms with E-state index in [1.54, 1.807) is 7.11 Å². The van der Waals surface area contributed by atoms with Crippen molar-refractivity contribution in [3.8, 4) is 0 Å². The number of hydrogen-bond donors (Lipinski definition) is 0. The first-order valence-corrected chi connectivity index (χ1v) is 10.0. The molecule has 6 heteroatoms. The highest BCUT2D eigenvalue weighted by atomic mass is 16.6. The molecule has 2 aliphatic rings.